The zero-order chi connectivity index (χ0) is 21.3. The summed E-state index contributed by atoms with van der Waals surface area (Å²) in [5.74, 6) is 1.28. The van der Waals surface area contributed by atoms with E-state index in [1.807, 2.05) is 48.5 Å². The summed E-state index contributed by atoms with van der Waals surface area (Å²) in [7, 11) is 0. The Kier molecular flexibility index (Phi) is 8.32. The summed E-state index contributed by atoms with van der Waals surface area (Å²) in [6.07, 6.45) is 6.43. The van der Waals surface area contributed by atoms with Crippen LogP contribution in [0.15, 0.2) is 48.5 Å². The molecule has 1 N–H and O–H groups in total. The highest BCUT2D eigenvalue weighted by Gasteiger charge is 2.16. The molecule has 1 aliphatic rings. The maximum Gasteiger partial charge on any atom is 0.255 e. The van der Waals surface area contributed by atoms with E-state index in [-0.39, 0.29) is 5.91 Å². The van der Waals surface area contributed by atoms with Gasteiger partial charge in [-0.15, -0.1) is 0 Å². The molecule has 0 atom stereocenters. The molecule has 0 spiro atoms. The maximum absolute atomic E-state index is 12.8. The van der Waals surface area contributed by atoms with Crippen LogP contribution in [0, 0.1) is 5.92 Å². The molecule has 1 amide bonds. The van der Waals surface area contributed by atoms with E-state index in [4.69, 9.17) is 4.74 Å². The van der Waals surface area contributed by atoms with Gasteiger partial charge < -0.3 is 10.1 Å². The molecule has 0 aliphatic heterocycles. The van der Waals surface area contributed by atoms with Crippen LogP contribution < -0.4 is 10.1 Å². The molecule has 0 aromatic heterocycles. The molecule has 30 heavy (non-hydrogen) atoms. The van der Waals surface area contributed by atoms with Crippen LogP contribution in [-0.2, 0) is 6.54 Å². The van der Waals surface area contributed by atoms with Gasteiger partial charge in [0.05, 0.1) is 12.3 Å². The monoisotopic (exact) mass is 408 g/mol. The molecule has 162 valence electrons. The first-order chi connectivity index (χ1) is 14.6. The van der Waals surface area contributed by atoms with Gasteiger partial charge in [0.1, 0.15) is 5.75 Å². The van der Waals surface area contributed by atoms with Crippen molar-refractivity contribution in [3.63, 3.8) is 0 Å². The quantitative estimate of drug-likeness (QED) is 0.543. The smallest absolute Gasteiger partial charge is 0.255 e. The lowest BCUT2D eigenvalue weighted by atomic mass is 9.90. The van der Waals surface area contributed by atoms with E-state index in [1.54, 1.807) is 0 Å². The minimum Gasteiger partial charge on any atom is -0.491 e. The molecule has 0 radical (unpaired) electrons. The average molecular weight is 409 g/mol. The molecule has 1 saturated carbocycles. The fourth-order valence-electron chi connectivity index (χ4n) is 4.11. The molecule has 1 aliphatic carbocycles. The highest BCUT2D eigenvalue weighted by molar-refractivity contribution is 6.05. The van der Waals surface area contributed by atoms with Crippen molar-refractivity contribution >= 4 is 11.6 Å². The third-order valence-corrected chi connectivity index (χ3v) is 6.07. The molecule has 2 aromatic carbocycles. The number of hydrogen-bond donors (Lipinski definition) is 1. The summed E-state index contributed by atoms with van der Waals surface area (Å²) < 4.78 is 6.09. The number of benzene rings is 2. The molecular weight excluding hydrogens is 372 g/mol. The van der Waals surface area contributed by atoms with E-state index in [0.717, 1.165) is 31.1 Å². The first-order valence-corrected chi connectivity index (χ1v) is 11.4. The van der Waals surface area contributed by atoms with Crippen molar-refractivity contribution < 1.29 is 9.53 Å². The number of para-hydroxylation sites is 2. The topological polar surface area (TPSA) is 41.6 Å². The molecule has 4 heteroatoms. The van der Waals surface area contributed by atoms with Gasteiger partial charge in [0, 0.05) is 18.2 Å². The van der Waals surface area contributed by atoms with Gasteiger partial charge in [-0.1, -0.05) is 50.5 Å². The van der Waals surface area contributed by atoms with Crippen molar-refractivity contribution in [3.8, 4) is 5.75 Å². The molecular formula is C26H36N2O2. The van der Waals surface area contributed by atoms with Crippen LogP contribution in [0.4, 0.5) is 5.69 Å². The Bertz CT molecular complexity index is 795. The fourth-order valence-corrected chi connectivity index (χ4v) is 4.11. The molecule has 3 rings (SSSR count). The van der Waals surface area contributed by atoms with Gasteiger partial charge in [0.2, 0.25) is 0 Å². The standard InChI is InChI=1S/C26H36N2O2/c1-4-28(20(2)3)18-21-14-16-23(17-15-21)26(29)27-24-12-8-9-13-25(24)30-19-22-10-6-5-7-11-22/h8-9,12-17,20,22H,4-7,10-11,18-19H2,1-3H3,(H,27,29). The van der Waals surface area contributed by atoms with Crippen LogP contribution >= 0.6 is 0 Å². The van der Waals surface area contributed by atoms with E-state index in [9.17, 15) is 4.79 Å². The van der Waals surface area contributed by atoms with E-state index < -0.39 is 0 Å². The summed E-state index contributed by atoms with van der Waals surface area (Å²) >= 11 is 0. The zero-order valence-electron chi connectivity index (χ0n) is 18.7. The third kappa shape index (κ3) is 6.33. The summed E-state index contributed by atoms with van der Waals surface area (Å²) in [6, 6.07) is 16.1. The Morgan fingerprint density at radius 2 is 1.77 bits per heavy atom. The van der Waals surface area contributed by atoms with Crippen LogP contribution in [0.1, 0.15) is 68.8 Å². The normalized spacial score (nSPS) is 14.8. The molecule has 0 saturated heterocycles. The van der Waals surface area contributed by atoms with Gasteiger partial charge in [-0.3, -0.25) is 9.69 Å². The molecule has 0 unspecified atom stereocenters. The number of hydrogen-bond acceptors (Lipinski definition) is 3. The highest BCUT2D eigenvalue weighted by Crippen LogP contribution is 2.28. The largest absolute Gasteiger partial charge is 0.491 e. The first-order valence-electron chi connectivity index (χ1n) is 11.4. The molecule has 4 nitrogen and oxygen atoms in total. The van der Waals surface area contributed by atoms with Crippen LogP contribution in [0.3, 0.4) is 0 Å². The molecule has 2 aromatic rings. The lowest BCUT2D eigenvalue weighted by molar-refractivity contribution is 0.102. The van der Waals surface area contributed by atoms with Crippen LogP contribution in [0.5, 0.6) is 5.75 Å². The van der Waals surface area contributed by atoms with E-state index in [2.05, 4.69) is 31.0 Å². The van der Waals surface area contributed by atoms with Crippen molar-refractivity contribution in [2.45, 2.75) is 65.5 Å². The third-order valence-electron chi connectivity index (χ3n) is 6.07. The summed E-state index contributed by atoms with van der Waals surface area (Å²) in [6.45, 7) is 9.23. The summed E-state index contributed by atoms with van der Waals surface area (Å²) in [5, 5.41) is 3.03. The van der Waals surface area contributed by atoms with Crippen molar-refractivity contribution in [1.82, 2.24) is 4.90 Å². The Hall–Kier alpha value is -2.33. The average Bonchev–Trinajstić information content (AvgIpc) is 2.77. The van der Waals surface area contributed by atoms with E-state index in [1.165, 1.54) is 37.7 Å². The number of carbonyl (C=O) groups excluding carboxylic acids is 1. The van der Waals surface area contributed by atoms with Gasteiger partial charge >= 0.3 is 0 Å². The number of ether oxygens (including phenoxy) is 1. The highest BCUT2D eigenvalue weighted by atomic mass is 16.5. The number of rotatable bonds is 9. The minimum atomic E-state index is -0.105. The van der Waals surface area contributed by atoms with Gasteiger partial charge in [-0.25, -0.2) is 0 Å². The van der Waals surface area contributed by atoms with Crippen LogP contribution in [-0.4, -0.2) is 30.0 Å². The van der Waals surface area contributed by atoms with Gasteiger partial charge in [0.15, 0.2) is 0 Å². The predicted molar refractivity (Wildman–Crippen MR) is 124 cm³/mol. The first kappa shape index (κ1) is 22.4. The lowest BCUT2D eigenvalue weighted by Crippen LogP contribution is -2.29. The Morgan fingerprint density at radius 1 is 1.07 bits per heavy atom. The van der Waals surface area contributed by atoms with Gasteiger partial charge in [-0.2, -0.15) is 0 Å². The summed E-state index contributed by atoms with van der Waals surface area (Å²) in [4.78, 5) is 15.2. The second kappa shape index (κ2) is 11.2. The second-order valence-corrected chi connectivity index (χ2v) is 8.62. The van der Waals surface area contributed by atoms with Crippen molar-refractivity contribution in [3.05, 3.63) is 59.7 Å². The van der Waals surface area contributed by atoms with Crippen LogP contribution in [0.2, 0.25) is 0 Å². The molecule has 1 fully saturated rings. The van der Waals surface area contributed by atoms with E-state index in [0.29, 0.717) is 17.5 Å². The summed E-state index contributed by atoms with van der Waals surface area (Å²) in [5.41, 5.74) is 2.62. The number of amides is 1. The van der Waals surface area contributed by atoms with Crippen molar-refractivity contribution in [1.29, 1.82) is 0 Å². The van der Waals surface area contributed by atoms with Gasteiger partial charge in [-0.05, 0) is 69.0 Å². The van der Waals surface area contributed by atoms with Crippen molar-refractivity contribution in [2.24, 2.45) is 5.92 Å². The number of carbonyl (C=O) groups is 1. The Balaban J connectivity index is 1.60. The van der Waals surface area contributed by atoms with Crippen molar-refractivity contribution in [2.75, 3.05) is 18.5 Å². The van der Waals surface area contributed by atoms with Crippen LogP contribution in [0.25, 0.3) is 0 Å². The Labute approximate surface area is 181 Å². The lowest BCUT2D eigenvalue weighted by Gasteiger charge is -2.24. The van der Waals surface area contributed by atoms with E-state index >= 15 is 0 Å². The zero-order valence-corrected chi connectivity index (χ0v) is 18.7. The second-order valence-electron chi connectivity index (χ2n) is 8.62. The van der Waals surface area contributed by atoms with Gasteiger partial charge in [0.25, 0.3) is 5.91 Å². The number of nitrogens with one attached hydrogen (secondary N) is 1. The molecule has 0 bridgehead atoms. The fraction of sp³-hybridized carbons (Fsp3) is 0.500. The SMILES string of the molecule is CCN(Cc1ccc(C(=O)Nc2ccccc2OCC2CCCCC2)cc1)C(C)C. The number of nitrogens with zero attached hydrogens (tertiary/aromatic N) is 1. The Morgan fingerprint density at radius 3 is 2.43 bits per heavy atom. The molecule has 0 heterocycles. The minimum absolute atomic E-state index is 0.105. The number of anilines is 1. The maximum atomic E-state index is 12.8. The predicted octanol–water partition coefficient (Wildman–Crippen LogP) is 6.13.